The molecule has 2 heterocycles. The zero-order valence-electron chi connectivity index (χ0n) is 12.2. The number of ether oxygens (including phenoxy) is 1. The second-order valence-electron chi connectivity index (χ2n) is 5.20. The van der Waals surface area contributed by atoms with Crippen LogP contribution < -0.4 is 16.1 Å². The highest BCUT2D eigenvalue weighted by atomic mass is 16.5. The number of fused-ring (bicyclic) bond motifs is 1. The van der Waals surface area contributed by atoms with E-state index in [0.29, 0.717) is 17.1 Å². The lowest BCUT2D eigenvalue weighted by molar-refractivity contribution is 0.371. The second-order valence-corrected chi connectivity index (χ2v) is 5.20. The lowest BCUT2D eigenvalue weighted by Crippen LogP contribution is -2.26. The normalized spacial score (nSPS) is 16.7. The molecule has 110 valence electrons. The number of nitrogens with two attached hydrogens (primary N) is 1. The molecule has 22 heavy (non-hydrogen) atoms. The van der Waals surface area contributed by atoms with Crippen LogP contribution in [0.5, 0.6) is 5.75 Å². The molecule has 3 rings (SSSR count). The molecule has 1 aromatic carbocycles. The molecule has 1 unspecified atom stereocenters. The van der Waals surface area contributed by atoms with Gasteiger partial charge in [0.05, 0.1) is 11.5 Å². The number of allylic oxidation sites excluding steroid dienone is 1. The van der Waals surface area contributed by atoms with Crippen LogP contribution in [0.15, 0.2) is 51.0 Å². The molecule has 0 bridgehead atoms. The smallest absolute Gasteiger partial charge is 0.343 e. The third-order valence-corrected chi connectivity index (χ3v) is 3.76. The molecule has 1 aliphatic heterocycles. The van der Waals surface area contributed by atoms with Crippen molar-refractivity contribution in [3.63, 3.8) is 0 Å². The standard InChI is InChI=1S/C17H14N2O3/c1-9-5-3-4-6-11(9)14-12(8-18)16(19)22-13-7-10(2)21-17(20)15(13)14/h3-7,14H,19H2,1-2H3. The van der Waals surface area contributed by atoms with Gasteiger partial charge in [-0.2, -0.15) is 5.26 Å². The minimum absolute atomic E-state index is 0.0215. The van der Waals surface area contributed by atoms with Crippen LogP contribution in [0.3, 0.4) is 0 Å². The van der Waals surface area contributed by atoms with Crippen molar-refractivity contribution in [1.29, 1.82) is 5.26 Å². The van der Waals surface area contributed by atoms with E-state index in [4.69, 9.17) is 14.9 Å². The Bertz CT molecular complexity index is 888. The maximum Gasteiger partial charge on any atom is 0.343 e. The van der Waals surface area contributed by atoms with Crippen LogP contribution in [0.1, 0.15) is 28.4 Å². The van der Waals surface area contributed by atoms with E-state index in [1.165, 1.54) is 0 Å². The lowest BCUT2D eigenvalue weighted by Gasteiger charge is -2.26. The summed E-state index contributed by atoms with van der Waals surface area (Å²) in [6.45, 7) is 3.58. The predicted octanol–water partition coefficient (Wildman–Crippen LogP) is 2.47. The van der Waals surface area contributed by atoms with Crippen LogP contribution in [0, 0.1) is 25.2 Å². The van der Waals surface area contributed by atoms with Gasteiger partial charge in [-0.3, -0.25) is 0 Å². The summed E-state index contributed by atoms with van der Waals surface area (Å²) >= 11 is 0. The molecule has 0 radical (unpaired) electrons. The molecule has 2 aromatic rings. The van der Waals surface area contributed by atoms with Crippen LogP contribution in [-0.2, 0) is 0 Å². The summed E-state index contributed by atoms with van der Waals surface area (Å²) in [6, 6.07) is 11.2. The van der Waals surface area contributed by atoms with E-state index in [1.54, 1.807) is 13.0 Å². The van der Waals surface area contributed by atoms with Crippen LogP contribution in [0.2, 0.25) is 0 Å². The molecule has 0 saturated heterocycles. The largest absolute Gasteiger partial charge is 0.440 e. The fraction of sp³-hybridized carbons (Fsp3) is 0.176. The highest BCUT2D eigenvalue weighted by Gasteiger charge is 2.34. The lowest BCUT2D eigenvalue weighted by atomic mass is 9.82. The second kappa shape index (κ2) is 5.08. The first-order valence-corrected chi connectivity index (χ1v) is 6.80. The average molecular weight is 294 g/mol. The van der Waals surface area contributed by atoms with Crippen LogP contribution in [0.4, 0.5) is 0 Å². The summed E-state index contributed by atoms with van der Waals surface area (Å²) in [7, 11) is 0. The number of nitriles is 1. The predicted molar refractivity (Wildman–Crippen MR) is 80.2 cm³/mol. The Morgan fingerprint density at radius 3 is 2.68 bits per heavy atom. The Labute approximate surface area is 127 Å². The molecule has 1 aromatic heterocycles. The number of hydrogen-bond acceptors (Lipinski definition) is 5. The van der Waals surface area contributed by atoms with Crippen molar-refractivity contribution in [1.82, 2.24) is 0 Å². The minimum atomic E-state index is -0.577. The van der Waals surface area contributed by atoms with E-state index in [9.17, 15) is 10.1 Å². The summed E-state index contributed by atoms with van der Waals surface area (Å²) in [5.74, 6) is 0.221. The summed E-state index contributed by atoms with van der Waals surface area (Å²) < 4.78 is 10.7. The van der Waals surface area contributed by atoms with Crippen molar-refractivity contribution in [2.24, 2.45) is 5.73 Å². The summed E-state index contributed by atoms with van der Waals surface area (Å²) in [4.78, 5) is 12.3. The van der Waals surface area contributed by atoms with Crippen LogP contribution in [-0.4, -0.2) is 0 Å². The van der Waals surface area contributed by atoms with E-state index in [0.717, 1.165) is 11.1 Å². The fourth-order valence-corrected chi connectivity index (χ4v) is 2.74. The molecule has 1 atom stereocenters. The molecule has 2 N–H and O–H groups in total. The van der Waals surface area contributed by atoms with Crippen molar-refractivity contribution in [3.8, 4) is 11.8 Å². The van der Waals surface area contributed by atoms with Crippen molar-refractivity contribution in [3.05, 3.63) is 74.7 Å². The van der Waals surface area contributed by atoms with E-state index in [1.807, 2.05) is 31.2 Å². The average Bonchev–Trinajstić information content (AvgIpc) is 2.46. The van der Waals surface area contributed by atoms with Crippen molar-refractivity contribution in [2.45, 2.75) is 19.8 Å². The molecule has 0 spiro atoms. The van der Waals surface area contributed by atoms with Gasteiger partial charge >= 0.3 is 5.63 Å². The molecule has 5 heteroatoms. The zero-order chi connectivity index (χ0) is 15.9. The van der Waals surface area contributed by atoms with E-state index < -0.39 is 11.5 Å². The van der Waals surface area contributed by atoms with Gasteiger partial charge in [0.1, 0.15) is 23.2 Å². The highest BCUT2D eigenvalue weighted by Crippen LogP contribution is 2.41. The molecule has 0 saturated carbocycles. The Hall–Kier alpha value is -3.00. The number of rotatable bonds is 1. The third-order valence-electron chi connectivity index (χ3n) is 3.76. The maximum absolute atomic E-state index is 12.3. The quantitative estimate of drug-likeness (QED) is 0.872. The molecular formula is C17H14N2O3. The Morgan fingerprint density at radius 1 is 1.27 bits per heavy atom. The first kappa shape index (κ1) is 14.0. The van der Waals surface area contributed by atoms with Crippen molar-refractivity contribution < 1.29 is 9.15 Å². The third kappa shape index (κ3) is 2.06. The summed E-state index contributed by atoms with van der Waals surface area (Å²) in [5.41, 5.74) is 7.70. The Kier molecular flexibility index (Phi) is 3.22. The fourth-order valence-electron chi connectivity index (χ4n) is 2.74. The Balaban J connectivity index is 2.35. The molecular weight excluding hydrogens is 280 g/mol. The van der Waals surface area contributed by atoms with Crippen molar-refractivity contribution >= 4 is 0 Å². The van der Waals surface area contributed by atoms with Crippen molar-refractivity contribution in [2.75, 3.05) is 0 Å². The molecule has 0 amide bonds. The first-order valence-electron chi connectivity index (χ1n) is 6.80. The van der Waals surface area contributed by atoms with E-state index in [-0.39, 0.29) is 11.5 Å². The van der Waals surface area contributed by atoms with Crippen LogP contribution >= 0.6 is 0 Å². The maximum atomic E-state index is 12.3. The molecule has 0 aliphatic carbocycles. The molecule has 0 fully saturated rings. The molecule has 1 aliphatic rings. The topological polar surface area (TPSA) is 89.2 Å². The van der Waals surface area contributed by atoms with Gasteiger partial charge in [0.25, 0.3) is 0 Å². The van der Waals surface area contributed by atoms with E-state index in [2.05, 4.69) is 6.07 Å². The van der Waals surface area contributed by atoms with Gasteiger partial charge in [0.2, 0.25) is 5.88 Å². The highest BCUT2D eigenvalue weighted by molar-refractivity contribution is 5.55. The SMILES string of the molecule is Cc1cc2c(c(=O)o1)C(c1ccccc1C)C(C#N)=C(N)O2. The van der Waals surface area contributed by atoms with Gasteiger partial charge < -0.3 is 14.9 Å². The number of nitrogens with zero attached hydrogens (tertiary/aromatic N) is 1. The number of benzene rings is 1. The monoisotopic (exact) mass is 294 g/mol. The van der Waals surface area contributed by atoms with Gasteiger partial charge in [-0.15, -0.1) is 0 Å². The van der Waals surface area contributed by atoms with Gasteiger partial charge in [-0.25, -0.2) is 4.79 Å². The van der Waals surface area contributed by atoms with Gasteiger partial charge in [0, 0.05) is 6.07 Å². The van der Waals surface area contributed by atoms with Gasteiger partial charge in [-0.05, 0) is 25.0 Å². The summed E-state index contributed by atoms with van der Waals surface area (Å²) in [6.07, 6.45) is 0. The first-order chi connectivity index (χ1) is 10.5. The Morgan fingerprint density at radius 2 is 2.00 bits per heavy atom. The van der Waals surface area contributed by atoms with E-state index >= 15 is 0 Å². The van der Waals surface area contributed by atoms with Crippen LogP contribution in [0.25, 0.3) is 0 Å². The molecule has 5 nitrogen and oxygen atoms in total. The summed E-state index contributed by atoms with van der Waals surface area (Å²) in [5, 5.41) is 9.45. The van der Waals surface area contributed by atoms with Gasteiger partial charge in [0.15, 0.2) is 0 Å². The minimum Gasteiger partial charge on any atom is -0.440 e. The number of aryl methyl sites for hydroxylation is 2. The zero-order valence-corrected chi connectivity index (χ0v) is 12.2. The number of hydrogen-bond donors (Lipinski definition) is 1. The van der Waals surface area contributed by atoms with Gasteiger partial charge in [-0.1, -0.05) is 24.3 Å².